The summed E-state index contributed by atoms with van der Waals surface area (Å²) in [5.41, 5.74) is 1.90. The summed E-state index contributed by atoms with van der Waals surface area (Å²) in [6.45, 7) is 5.34. The first-order valence-corrected chi connectivity index (χ1v) is 7.91. The first-order valence-electron chi connectivity index (χ1n) is 7.10. The van der Waals surface area contributed by atoms with Gasteiger partial charge >= 0.3 is 6.03 Å². The van der Waals surface area contributed by atoms with Crippen molar-refractivity contribution in [2.24, 2.45) is 0 Å². The zero-order valence-electron chi connectivity index (χ0n) is 12.3. The fourth-order valence-corrected chi connectivity index (χ4v) is 2.89. The molecule has 0 spiro atoms. The molecule has 0 radical (unpaired) electrons. The second-order valence-electron chi connectivity index (χ2n) is 4.68. The molecule has 0 fully saturated rings. The minimum atomic E-state index is -0.107. The minimum Gasteiger partial charge on any atom is -0.338 e. The maximum absolute atomic E-state index is 11.5. The van der Waals surface area contributed by atoms with Crippen LogP contribution in [0.1, 0.15) is 23.9 Å². The van der Waals surface area contributed by atoms with Crippen LogP contribution in [0.15, 0.2) is 24.4 Å². The van der Waals surface area contributed by atoms with Crippen molar-refractivity contribution in [2.45, 2.75) is 26.7 Å². The summed E-state index contributed by atoms with van der Waals surface area (Å²) in [6, 6.07) is 5.70. The predicted molar refractivity (Wildman–Crippen MR) is 85.5 cm³/mol. The molecule has 2 aromatic rings. The molecule has 0 bridgehead atoms. The number of aromatic nitrogens is 2. The quantitative estimate of drug-likeness (QED) is 0.862. The molecular formula is C15H20N4OS. The predicted octanol–water partition coefficient (Wildman–Crippen LogP) is 2.77. The highest BCUT2D eigenvalue weighted by Crippen LogP contribution is 2.26. The number of nitrogens with zero attached hydrogens (tertiary/aromatic N) is 2. The molecule has 2 amide bonds. The highest BCUT2D eigenvalue weighted by atomic mass is 32.1. The molecule has 2 N–H and O–H groups in total. The zero-order valence-corrected chi connectivity index (χ0v) is 13.2. The van der Waals surface area contributed by atoms with Gasteiger partial charge in [0.25, 0.3) is 0 Å². The molecule has 0 saturated heterocycles. The van der Waals surface area contributed by atoms with Crippen LogP contribution >= 0.6 is 11.3 Å². The Balaban J connectivity index is 1.90. The monoisotopic (exact) mass is 304 g/mol. The molecule has 0 aliphatic heterocycles. The maximum atomic E-state index is 11.5. The molecule has 2 rings (SSSR count). The van der Waals surface area contributed by atoms with Crippen molar-refractivity contribution in [1.29, 1.82) is 0 Å². The maximum Gasteiger partial charge on any atom is 0.314 e. The lowest BCUT2D eigenvalue weighted by atomic mass is 10.3. The normalized spacial score (nSPS) is 10.4. The van der Waals surface area contributed by atoms with Crippen molar-refractivity contribution in [1.82, 2.24) is 20.6 Å². The molecule has 21 heavy (non-hydrogen) atoms. The molecule has 0 aliphatic carbocycles. The number of hydrogen-bond donors (Lipinski definition) is 2. The molecule has 0 aliphatic rings. The number of rotatable bonds is 6. The SMILES string of the molecule is CCCNC(=O)NCCc1sc(-c2ccccn2)nc1C. The van der Waals surface area contributed by atoms with Crippen LogP contribution in [0.4, 0.5) is 4.79 Å². The smallest absolute Gasteiger partial charge is 0.314 e. The number of nitrogens with one attached hydrogen (secondary N) is 2. The Hall–Kier alpha value is -1.95. The zero-order chi connectivity index (χ0) is 15.1. The van der Waals surface area contributed by atoms with Gasteiger partial charge < -0.3 is 10.6 Å². The number of hydrogen-bond acceptors (Lipinski definition) is 4. The number of urea groups is 1. The molecule has 5 nitrogen and oxygen atoms in total. The van der Waals surface area contributed by atoms with Crippen LogP contribution in [0.5, 0.6) is 0 Å². The van der Waals surface area contributed by atoms with E-state index >= 15 is 0 Å². The van der Waals surface area contributed by atoms with Gasteiger partial charge in [0.2, 0.25) is 0 Å². The van der Waals surface area contributed by atoms with Crippen LogP contribution in [-0.2, 0) is 6.42 Å². The van der Waals surface area contributed by atoms with Crippen LogP contribution in [0.2, 0.25) is 0 Å². The Morgan fingerprint density at radius 2 is 2.10 bits per heavy atom. The minimum absolute atomic E-state index is 0.107. The third-order valence-electron chi connectivity index (χ3n) is 2.95. The van der Waals surface area contributed by atoms with Gasteiger partial charge in [-0.3, -0.25) is 4.98 Å². The van der Waals surface area contributed by atoms with Gasteiger partial charge in [0.15, 0.2) is 0 Å². The third-order valence-corrected chi connectivity index (χ3v) is 4.19. The Bertz CT molecular complexity index is 583. The number of aryl methyl sites for hydroxylation is 1. The first kappa shape index (κ1) is 15.4. The van der Waals surface area contributed by atoms with Crippen molar-refractivity contribution in [3.05, 3.63) is 35.0 Å². The Kier molecular flexibility index (Phi) is 5.68. The molecule has 0 saturated carbocycles. The lowest BCUT2D eigenvalue weighted by Crippen LogP contribution is -2.36. The first-order chi connectivity index (χ1) is 10.2. The van der Waals surface area contributed by atoms with Gasteiger partial charge in [-0.15, -0.1) is 11.3 Å². The Labute approximate surface area is 128 Å². The van der Waals surface area contributed by atoms with Gasteiger partial charge in [0.05, 0.1) is 11.4 Å². The van der Waals surface area contributed by atoms with E-state index in [0.29, 0.717) is 13.1 Å². The highest BCUT2D eigenvalue weighted by molar-refractivity contribution is 7.15. The fraction of sp³-hybridized carbons (Fsp3) is 0.400. The van der Waals surface area contributed by atoms with E-state index in [-0.39, 0.29) is 6.03 Å². The van der Waals surface area contributed by atoms with Crippen molar-refractivity contribution in [3.63, 3.8) is 0 Å². The van der Waals surface area contributed by atoms with Crippen LogP contribution in [0.3, 0.4) is 0 Å². The summed E-state index contributed by atoms with van der Waals surface area (Å²) in [5.74, 6) is 0. The van der Waals surface area contributed by atoms with Gasteiger partial charge in [-0.1, -0.05) is 13.0 Å². The van der Waals surface area contributed by atoms with Gasteiger partial charge in [0, 0.05) is 30.6 Å². The summed E-state index contributed by atoms with van der Waals surface area (Å²) in [6.07, 6.45) is 3.50. The van der Waals surface area contributed by atoms with Gasteiger partial charge in [-0.25, -0.2) is 9.78 Å². The molecule has 0 atom stereocenters. The van der Waals surface area contributed by atoms with Crippen molar-refractivity contribution >= 4 is 17.4 Å². The summed E-state index contributed by atoms with van der Waals surface area (Å²) in [4.78, 5) is 21.5. The van der Waals surface area contributed by atoms with Crippen LogP contribution in [0, 0.1) is 6.92 Å². The van der Waals surface area contributed by atoms with Crippen molar-refractivity contribution in [2.75, 3.05) is 13.1 Å². The van der Waals surface area contributed by atoms with Crippen molar-refractivity contribution in [3.8, 4) is 10.7 Å². The van der Waals surface area contributed by atoms with E-state index < -0.39 is 0 Å². The number of pyridine rings is 1. The van der Waals surface area contributed by atoms with E-state index in [4.69, 9.17) is 0 Å². The van der Waals surface area contributed by atoms with Gasteiger partial charge in [-0.05, 0) is 25.5 Å². The molecule has 112 valence electrons. The van der Waals surface area contributed by atoms with Crippen LogP contribution < -0.4 is 10.6 Å². The second-order valence-corrected chi connectivity index (χ2v) is 5.76. The number of carbonyl (C=O) groups excluding carboxylic acids is 1. The Morgan fingerprint density at radius 3 is 2.81 bits per heavy atom. The average molecular weight is 304 g/mol. The summed E-state index contributed by atoms with van der Waals surface area (Å²) < 4.78 is 0. The molecule has 2 aromatic heterocycles. The molecular weight excluding hydrogens is 284 g/mol. The number of carbonyl (C=O) groups is 1. The average Bonchev–Trinajstić information content (AvgIpc) is 2.87. The molecule has 2 heterocycles. The van der Waals surface area contributed by atoms with E-state index in [1.165, 1.54) is 4.88 Å². The standard InChI is InChI=1S/C15H20N4OS/c1-3-8-17-15(20)18-10-7-13-11(2)19-14(21-13)12-6-4-5-9-16-12/h4-6,9H,3,7-8,10H2,1-2H3,(H2,17,18,20). The lowest BCUT2D eigenvalue weighted by Gasteiger charge is -2.05. The summed E-state index contributed by atoms with van der Waals surface area (Å²) in [5, 5.41) is 6.58. The molecule has 0 aromatic carbocycles. The highest BCUT2D eigenvalue weighted by Gasteiger charge is 2.10. The second kappa shape index (κ2) is 7.73. The topological polar surface area (TPSA) is 66.9 Å². The summed E-state index contributed by atoms with van der Waals surface area (Å²) >= 11 is 1.64. The van der Waals surface area contributed by atoms with Gasteiger partial charge in [0.1, 0.15) is 5.01 Å². The van der Waals surface area contributed by atoms with Gasteiger partial charge in [-0.2, -0.15) is 0 Å². The van der Waals surface area contributed by atoms with Crippen LogP contribution in [-0.4, -0.2) is 29.1 Å². The fourth-order valence-electron chi connectivity index (χ4n) is 1.85. The van der Waals surface area contributed by atoms with E-state index in [0.717, 1.165) is 29.2 Å². The van der Waals surface area contributed by atoms with E-state index in [1.807, 2.05) is 32.0 Å². The lowest BCUT2D eigenvalue weighted by molar-refractivity contribution is 0.241. The van der Waals surface area contributed by atoms with E-state index in [1.54, 1.807) is 17.5 Å². The van der Waals surface area contributed by atoms with Crippen molar-refractivity contribution < 1.29 is 4.79 Å². The van der Waals surface area contributed by atoms with Crippen LogP contribution in [0.25, 0.3) is 10.7 Å². The van der Waals surface area contributed by atoms with E-state index in [9.17, 15) is 4.79 Å². The summed E-state index contributed by atoms with van der Waals surface area (Å²) in [7, 11) is 0. The van der Waals surface area contributed by atoms with E-state index in [2.05, 4.69) is 20.6 Å². The molecule has 6 heteroatoms. The third kappa shape index (κ3) is 4.53. The number of thiazole rings is 1. The number of amides is 2. The molecule has 0 unspecified atom stereocenters. The Morgan fingerprint density at radius 1 is 1.29 bits per heavy atom. The largest absolute Gasteiger partial charge is 0.338 e.